The van der Waals surface area contributed by atoms with Crippen LogP contribution in [0.25, 0.3) is 0 Å². The predicted molar refractivity (Wildman–Crippen MR) is 68.5 cm³/mol. The molecule has 0 spiro atoms. The monoisotopic (exact) mass is 228 g/mol. The van der Waals surface area contributed by atoms with Gasteiger partial charge in [-0.3, -0.25) is 4.98 Å². The first kappa shape index (κ1) is 9.93. The Bertz CT molecular complexity index is 417. The van der Waals surface area contributed by atoms with Gasteiger partial charge in [0.1, 0.15) is 0 Å². The Morgan fingerprint density at radius 2 is 1.65 bits per heavy atom. The molecule has 1 aromatic rings. The zero-order valence-electron chi connectivity index (χ0n) is 10.2. The van der Waals surface area contributed by atoms with Crippen molar-refractivity contribution < 1.29 is 0 Å². The minimum Gasteiger partial charge on any atom is -0.398 e. The van der Waals surface area contributed by atoms with E-state index >= 15 is 0 Å². The maximum absolute atomic E-state index is 6.20. The van der Waals surface area contributed by atoms with E-state index in [0.717, 1.165) is 23.4 Å². The zero-order chi connectivity index (χ0) is 11.5. The van der Waals surface area contributed by atoms with Crippen LogP contribution in [0.3, 0.4) is 0 Å². The summed E-state index contributed by atoms with van der Waals surface area (Å²) in [6.45, 7) is 0. The fourth-order valence-corrected chi connectivity index (χ4v) is 5.29. The average molecular weight is 228 g/mol. The Balaban J connectivity index is 1.80. The van der Waals surface area contributed by atoms with Crippen molar-refractivity contribution >= 4 is 5.69 Å². The van der Waals surface area contributed by atoms with Crippen molar-refractivity contribution in [1.29, 1.82) is 0 Å². The number of hydrogen-bond donors (Lipinski definition) is 1. The first-order chi connectivity index (χ1) is 8.25. The highest BCUT2D eigenvalue weighted by Gasteiger charge is 2.52. The maximum atomic E-state index is 6.20. The Hall–Kier alpha value is -1.05. The van der Waals surface area contributed by atoms with Crippen molar-refractivity contribution in [1.82, 2.24) is 4.98 Å². The molecule has 1 heterocycles. The third-order valence-electron chi connectivity index (χ3n) is 5.46. The van der Waals surface area contributed by atoms with Gasteiger partial charge in [-0.05, 0) is 73.3 Å². The largest absolute Gasteiger partial charge is 0.398 e. The van der Waals surface area contributed by atoms with Crippen LogP contribution in [-0.4, -0.2) is 4.98 Å². The number of aromatic nitrogens is 1. The molecule has 90 valence electrons. The lowest BCUT2D eigenvalue weighted by Crippen LogP contribution is -2.48. The molecule has 1 aromatic heterocycles. The van der Waals surface area contributed by atoms with E-state index in [4.69, 9.17) is 5.73 Å². The molecule has 0 saturated heterocycles. The van der Waals surface area contributed by atoms with Gasteiger partial charge in [0, 0.05) is 18.1 Å². The van der Waals surface area contributed by atoms with Crippen molar-refractivity contribution in [2.45, 2.75) is 43.9 Å². The molecular weight excluding hydrogens is 208 g/mol. The smallest absolute Gasteiger partial charge is 0.0383 e. The van der Waals surface area contributed by atoms with Crippen LogP contribution >= 0.6 is 0 Å². The number of rotatable bonds is 1. The summed E-state index contributed by atoms with van der Waals surface area (Å²) < 4.78 is 0. The quantitative estimate of drug-likeness (QED) is 0.802. The second kappa shape index (κ2) is 3.24. The molecule has 0 radical (unpaired) electrons. The summed E-state index contributed by atoms with van der Waals surface area (Å²) in [5.41, 5.74) is 8.93. The van der Waals surface area contributed by atoms with Gasteiger partial charge in [0.25, 0.3) is 0 Å². The molecule has 2 N–H and O–H groups in total. The molecule has 2 nitrogen and oxygen atoms in total. The van der Waals surface area contributed by atoms with Gasteiger partial charge in [-0.15, -0.1) is 0 Å². The summed E-state index contributed by atoms with van der Waals surface area (Å²) in [6.07, 6.45) is 12.4. The summed E-state index contributed by atoms with van der Waals surface area (Å²) in [7, 11) is 0. The van der Waals surface area contributed by atoms with Crippen LogP contribution in [0.4, 0.5) is 5.69 Å². The predicted octanol–water partition coefficient (Wildman–Crippen LogP) is 3.13. The Labute approximate surface area is 103 Å². The Morgan fingerprint density at radius 1 is 1.06 bits per heavy atom. The third-order valence-corrected chi connectivity index (χ3v) is 5.46. The fraction of sp³-hybridized carbons (Fsp3) is 0.667. The minimum atomic E-state index is 0.396. The van der Waals surface area contributed by atoms with Crippen molar-refractivity contribution in [3.05, 3.63) is 24.0 Å². The second-order valence-electron chi connectivity index (χ2n) is 6.66. The summed E-state index contributed by atoms with van der Waals surface area (Å²) in [4.78, 5) is 4.32. The summed E-state index contributed by atoms with van der Waals surface area (Å²) in [5.74, 6) is 2.92. The topological polar surface area (TPSA) is 38.9 Å². The van der Waals surface area contributed by atoms with Crippen LogP contribution in [-0.2, 0) is 5.41 Å². The van der Waals surface area contributed by atoms with Gasteiger partial charge in [-0.2, -0.15) is 0 Å². The van der Waals surface area contributed by atoms with Crippen LogP contribution < -0.4 is 5.73 Å². The van der Waals surface area contributed by atoms with Crippen LogP contribution in [0, 0.1) is 17.8 Å². The van der Waals surface area contributed by atoms with E-state index in [1.807, 2.05) is 18.5 Å². The van der Waals surface area contributed by atoms with Crippen LogP contribution in [0.2, 0.25) is 0 Å². The number of hydrogen-bond acceptors (Lipinski definition) is 2. The molecule has 4 saturated carbocycles. The highest BCUT2D eigenvalue weighted by atomic mass is 14.7. The molecule has 4 aliphatic rings. The second-order valence-corrected chi connectivity index (χ2v) is 6.66. The Kier molecular flexibility index (Phi) is 1.89. The van der Waals surface area contributed by atoms with E-state index in [1.165, 1.54) is 44.1 Å². The molecule has 4 bridgehead atoms. The fourth-order valence-electron chi connectivity index (χ4n) is 5.29. The van der Waals surface area contributed by atoms with E-state index in [9.17, 15) is 0 Å². The molecule has 4 fully saturated rings. The standard InChI is InChI=1S/C15H20N2/c16-14-1-2-17-9-13(14)15-6-10-3-11(7-15)5-12(4-10)8-15/h1-2,9-12H,3-8H2,(H2,16,17). The minimum absolute atomic E-state index is 0.396. The first-order valence-corrected chi connectivity index (χ1v) is 6.95. The van der Waals surface area contributed by atoms with Gasteiger partial charge in [-0.1, -0.05) is 0 Å². The molecule has 0 aromatic carbocycles. The van der Waals surface area contributed by atoms with E-state index in [2.05, 4.69) is 4.98 Å². The molecule has 4 aliphatic carbocycles. The van der Waals surface area contributed by atoms with Crippen molar-refractivity contribution in [3.63, 3.8) is 0 Å². The third kappa shape index (κ3) is 1.36. The van der Waals surface area contributed by atoms with Gasteiger partial charge in [0.2, 0.25) is 0 Å². The molecule has 0 unspecified atom stereocenters. The molecular formula is C15H20N2. The highest BCUT2D eigenvalue weighted by molar-refractivity contribution is 5.50. The molecule has 0 aliphatic heterocycles. The van der Waals surface area contributed by atoms with E-state index in [-0.39, 0.29) is 0 Å². The van der Waals surface area contributed by atoms with Crippen molar-refractivity contribution in [2.24, 2.45) is 17.8 Å². The average Bonchev–Trinajstić information content (AvgIpc) is 2.27. The van der Waals surface area contributed by atoms with Crippen molar-refractivity contribution in [3.8, 4) is 0 Å². The van der Waals surface area contributed by atoms with Crippen LogP contribution in [0.1, 0.15) is 44.1 Å². The highest BCUT2D eigenvalue weighted by Crippen LogP contribution is 2.61. The van der Waals surface area contributed by atoms with E-state index in [1.54, 1.807) is 0 Å². The normalized spacial score (nSPS) is 42.9. The number of anilines is 1. The van der Waals surface area contributed by atoms with E-state index < -0.39 is 0 Å². The molecule has 0 atom stereocenters. The summed E-state index contributed by atoms with van der Waals surface area (Å²) in [5, 5.41) is 0. The van der Waals surface area contributed by atoms with E-state index in [0.29, 0.717) is 5.41 Å². The number of nitrogens with zero attached hydrogens (tertiary/aromatic N) is 1. The first-order valence-electron chi connectivity index (χ1n) is 6.95. The summed E-state index contributed by atoms with van der Waals surface area (Å²) in [6, 6.07) is 1.98. The maximum Gasteiger partial charge on any atom is 0.0383 e. The number of nitrogen functional groups attached to an aromatic ring is 1. The van der Waals surface area contributed by atoms with Gasteiger partial charge in [0.05, 0.1) is 0 Å². The number of pyridine rings is 1. The van der Waals surface area contributed by atoms with Crippen LogP contribution in [0.15, 0.2) is 18.5 Å². The van der Waals surface area contributed by atoms with Gasteiger partial charge in [0.15, 0.2) is 0 Å². The lowest BCUT2D eigenvalue weighted by Gasteiger charge is -2.57. The molecule has 17 heavy (non-hydrogen) atoms. The molecule has 0 amide bonds. The number of nitrogens with two attached hydrogens (primary N) is 1. The van der Waals surface area contributed by atoms with Gasteiger partial charge < -0.3 is 5.73 Å². The lowest BCUT2D eigenvalue weighted by molar-refractivity contribution is -0.00498. The lowest BCUT2D eigenvalue weighted by atomic mass is 9.48. The van der Waals surface area contributed by atoms with Gasteiger partial charge in [-0.25, -0.2) is 0 Å². The van der Waals surface area contributed by atoms with Crippen LogP contribution in [0.5, 0.6) is 0 Å². The van der Waals surface area contributed by atoms with Crippen molar-refractivity contribution in [2.75, 3.05) is 5.73 Å². The zero-order valence-corrected chi connectivity index (χ0v) is 10.2. The molecule has 5 rings (SSSR count). The SMILES string of the molecule is Nc1ccncc1C12CC3CC(CC(C3)C1)C2. The molecule has 2 heteroatoms. The Morgan fingerprint density at radius 3 is 2.18 bits per heavy atom. The summed E-state index contributed by atoms with van der Waals surface area (Å²) >= 11 is 0. The van der Waals surface area contributed by atoms with Gasteiger partial charge >= 0.3 is 0 Å².